The van der Waals surface area contributed by atoms with E-state index in [0.29, 0.717) is 0 Å². The van der Waals surface area contributed by atoms with Gasteiger partial charge < -0.3 is 10.2 Å². The molecule has 1 rings (SSSR count). The van der Waals surface area contributed by atoms with Crippen LogP contribution in [0.1, 0.15) is 38.3 Å². The molecule has 1 aromatic rings. The molecule has 0 unspecified atom stereocenters. The number of unbranched alkanes of at least 4 members (excludes halogenated alkanes) is 1. The molecule has 1 N–H and O–H groups in total. The smallest absolute Gasteiger partial charge is 0.317 e. The van der Waals surface area contributed by atoms with E-state index in [4.69, 9.17) is 0 Å². The molecule has 0 aromatic heterocycles. The van der Waals surface area contributed by atoms with Crippen molar-refractivity contribution in [3.8, 4) is 0 Å². The number of benzene rings is 1. The average Bonchev–Trinajstić information content (AvgIpc) is 2.38. The Morgan fingerprint density at radius 2 is 2.00 bits per heavy atom. The third-order valence-corrected chi connectivity index (χ3v) is 2.99. The summed E-state index contributed by atoms with van der Waals surface area (Å²) in [6.45, 7) is 4.90. The van der Waals surface area contributed by atoms with Gasteiger partial charge in [0.05, 0.1) is 6.04 Å². The highest BCUT2D eigenvalue weighted by atomic mass is 16.2. The number of nitrogens with zero attached hydrogens (tertiary/aromatic N) is 1. The van der Waals surface area contributed by atoms with Gasteiger partial charge in [-0.15, -0.1) is 0 Å². The van der Waals surface area contributed by atoms with Crippen LogP contribution in [0.3, 0.4) is 0 Å². The molecule has 0 fully saturated rings. The van der Waals surface area contributed by atoms with Crippen LogP contribution in [0.15, 0.2) is 30.3 Å². The molecule has 0 aliphatic heterocycles. The number of carbonyl (C=O) groups excluding carboxylic acids is 1. The maximum Gasteiger partial charge on any atom is 0.317 e. The van der Waals surface area contributed by atoms with E-state index in [1.54, 1.807) is 4.90 Å². The summed E-state index contributed by atoms with van der Waals surface area (Å²) in [5.41, 5.74) is 1.15. The van der Waals surface area contributed by atoms with Crippen LogP contribution in [0.5, 0.6) is 0 Å². The predicted molar refractivity (Wildman–Crippen MR) is 70.9 cm³/mol. The van der Waals surface area contributed by atoms with Crippen molar-refractivity contribution in [1.29, 1.82) is 0 Å². The van der Waals surface area contributed by atoms with Crippen LogP contribution in [0.2, 0.25) is 0 Å². The highest BCUT2D eigenvalue weighted by Gasteiger charge is 2.16. The first kappa shape index (κ1) is 13.6. The van der Waals surface area contributed by atoms with Gasteiger partial charge in [0.15, 0.2) is 0 Å². The van der Waals surface area contributed by atoms with Gasteiger partial charge in [0.2, 0.25) is 0 Å². The zero-order chi connectivity index (χ0) is 12.7. The summed E-state index contributed by atoms with van der Waals surface area (Å²) in [6.07, 6.45) is 2.12. The molecule has 3 heteroatoms. The van der Waals surface area contributed by atoms with Crippen molar-refractivity contribution < 1.29 is 4.79 Å². The second-order valence-corrected chi connectivity index (χ2v) is 4.28. The number of hydrogen-bond acceptors (Lipinski definition) is 1. The summed E-state index contributed by atoms with van der Waals surface area (Å²) in [5, 5.41) is 2.92. The van der Waals surface area contributed by atoms with Crippen LogP contribution in [0, 0.1) is 0 Å². The minimum Gasteiger partial charge on any atom is -0.338 e. The van der Waals surface area contributed by atoms with Crippen molar-refractivity contribution in [3.05, 3.63) is 35.9 Å². The molecule has 94 valence electrons. The van der Waals surface area contributed by atoms with Crippen LogP contribution in [0.25, 0.3) is 0 Å². The van der Waals surface area contributed by atoms with Gasteiger partial charge in [-0.2, -0.15) is 0 Å². The summed E-state index contributed by atoms with van der Waals surface area (Å²) >= 11 is 0. The number of amides is 2. The molecule has 17 heavy (non-hydrogen) atoms. The van der Waals surface area contributed by atoms with E-state index in [2.05, 4.69) is 12.2 Å². The zero-order valence-electron chi connectivity index (χ0n) is 10.9. The summed E-state index contributed by atoms with van der Waals surface area (Å²) < 4.78 is 0. The summed E-state index contributed by atoms with van der Waals surface area (Å²) in [4.78, 5) is 13.6. The van der Waals surface area contributed by atoms with Crippen molar-refractivity contribution in [2.24, 2.45) is 0 Å². The van der Waals surface area contributed by atoms with Crippen molar-refractivity contribution >= 4 is 6.03 Å². The number of carbonyl (C=O) groups is 1. The van der Waals surface area contributed by atoms with Crippen molar-refractivity contribution in [3.63, 3.8) is 0 Å². The average molecular weight is 234 g/mol. The third-order valence-electron chi connectivity index (χ3n) is 2.99. The molecule has 2 amide bonds. The summed E-state index contributed by atoms with van der Waals surface area (Å²) in [7, 11) is 1.83. The molecule has 0 aliphatic carbocycles. The van der Waals surface area contributed by atoms with E-state index < -0.39 is 0 Å². The zero-order valence-corrected chi connectivity index (χ0v) is 10.9. The molecule has 0 saturated carbocycles. The number of rotatable bonds is 5. The Bertz CT molecular complexity index is 337. The first-order valence-corrected chi connectivity index (χ1v) is 6.22. The van der Waals surface area contributed by atoms with Crippen molar-refractivity contribution in [2.75, 3.05) is 13.6 Å². The van der Waals surface area contributed by atoms with Crippen LogP contribution in [-0.4, -0.2) is 24.5 Å². The van der Waals surface area contributed by atoms with E-state index >= 15 is 0 Å². The van der Waals surface area contributed by atoms with Crippen LogP contribution < -0.4 is 5.32 Å². The van der Waals surface area contributed by atoms with Crippen molar-refractivity contribution in [1.82, 2.24) is 10.2 Å². The third kappa shape index (κ3) is 4.10. The van der Waals surface area contributed by atoms with Crippen LogP contribution in [0.4, 0.5) is 4.79 Å². The SMILES string of the molecule is CCCCNC(=O)N(C)[C@@H](C)c1ccccc1. The standard InChI is InChI=1S/C14H22N2O/c1-4-5-11-15-14(17)16(3)12(2)13-9-7-6-8-10-13/h6-10,12H,4-5,11H2,1-3H3,(H,15,17)/t12-/m0/s1. The Hall–Kier alpha value is -1.51. The monoisotopic (exact) mass is 234 g/mol. The Balaban J connectivity index is 2.51. The van der Waals surface area contributed by atoms with Gasteiger partial charge in [-0.1, -0.05) is 43.7 Å². The largest absolute Gasteiger partial charge is 0.338 e. The summed E-state index contributed by atoms with van der Waals surface area (Å²) in [5.74, 6) is 0. The lowest BCUT2D eigenvalue weighted by Gasteiger charge is -2.25. The van der Waals surface area contributed by atoms with E-state index in [9.17, 15) is 4.79 Å². The lowest BCUT2D eigenvalue weighted by molar-refractivity contribution is 0.194. The second-order valence-electron chi connectivity index (χ2n) is 4.28. The van der Waals surface area contributed by atoms with Gasteiger partial charge in [0, 0.05) is 13.6 Å². The molecule has 0 saturated heterocycles. The Morgan fingerprint density at radius 3 is 2.59 bits per heavy atom. The van der Waals surface area contributed by atoms with Gasteiger partial charge in [-0.25, -0.2) is 4.79 Å². The van der Waals surface area contributed by atoms with Gasteiger partial charge in [0.25, 0.3) is 0 Å². The molecule has 0 spiro atoms. The van der Waals surface area contributed by atoms with Crippen molar-refractivity contribution in [2.45, 2.75) is 32.7 Å². The number of hydrogen-bond donors (Lipinski definition) is 1. The highest BCUT2D eigenvalue weighted by Crippen LogP contribution is 2.17. The quantitative estimate of drug-likeness (QED) is 0.780. The molecular weight excluding hydrogens is 212 g/mol. The maximum atomic E-state index is 11.8. The first-order chi connectivity index (χ1) is 8.16. The summed E-state index contributed by atoms with van der Waals surface area (Å²) in [6, 6.07) is 10.1. The fraction of sp³-hybridized carbons (Fsp3) is 0.500. The van der Waals surface area contributed by atoms with Gasteiger partial charge in [0.1, 0.15) is 0 Å². The molecule has 1 atom stereocenters. The van der Waals surface area contributed by atoms with Crippen LogP contribution in [-0.2, 0) is 0 Å². The van der Waals surface area contributed by atoms with E-state index in [-0.39, 0.29) is 12.1 Å². The molecular formula is C14H22N2O. The van der Waals surface area contributed by atoms with Gasteiger partial charge in [-0.3, -0.25) is 0 Å². The number of urea groups is 1. The molecule has 0 aliphatic rings. The minimum atomic E-state index is -0.00481. The van der Waals surface area contributed by atoms with Gasteiger partial charge in [-0.05, 0) is 18.9 Å². The van der Waals surface area contributed by atoms with Crippen LogP contribution >= 0.6 is 0 Å². The molecule has 0 bridgehead atoms. The van der Waals surface area contributed by atoms with Gasteiger partial charge >= 0.3 is 6.03 Å². The predicted octanol–water partition coefficient (Wildman–Crippen LogP) is 3.19. The lowest BCUT2D eigenvalue weighted by atomic mass is 10.1. The Kier molecular flexibility index (Phi) is 5.53. The fourth-order valence-electron chi connectivity index (χ4n) is 1.63. The second kappa shape index (κ2) is 6.94. The minimum absolute atomic E-state index is 0.00481. The highest BCUT2D eigenvalue weighted by molar-refractivity contribution is 5.74. The molecule has 1 aromatic carbocycles. The van der Waals surface area contributed by atoms with E-state index in [1.807, 2.05) is 44.3 Å². The first-order valence-electron chi connectivity index (χ1n) is 6.22. The fourth-order valence-corrected chi connectivity index (χ4v) is 1.63. The van der Waals surface area contributed by atoms with E-state index in [0.717, 1.165) is 24.9 Å². The Labute approximate surface area is 104 Å². The molecule has 0 radical (unpaired) electrons. The maximum absolute atomic E-state index is 11.8. The number of nitrogens with one attached hydrogen (secondary N) is 1. The lowest BCUT2D eigenvalue weighted by Crippen LogP contribution is -2.39. The normalized spacial score (nSPS) is 11.9. The topological polar surface area (TPSA) is 32.3 Å². The van der Waals surface area contributed by atoms with E-state index in [1.165, 1.54) is 0 Å². The molecule has 3 nitrogen and oxygen atoms in total. The molecule has 0 heterocycles. The Morgan fingerprint density at radius 1 is 1.35 bits per heavy atom.